The van der Waals surface area contributed by atoms with Gasteiger partial charge >= 0.3 is 0 Å². The zero-order chi connectivity index (χ0) is 8.67. The van der Waals surface area contributed by atoms with E-state index in [1.807, 2.05) is 0 Å². The number of fused-ring (bicyclic) bond motifs is 3. The van der Waals surface area contributed by atoms with E-state index in [-0.39, 0.29) is 0 Å². The van der Waals surface area contributed by atoms with Crippen molar-refractivity contribution < 1.29 is 0 Å². The number of benzene rings is 1. The molecule has 2 aliphatic rings. The number of hydrogen-bond donors (Lipinski definition) is 0. The topological polar surface area (TPSA) is 0 Å². The highest BCUT2D eigenvalue weighted by Crippen LogP contribution is 2.45. The molecule has 2 unspecified atom stereocenters. The van der Waals surface area contributed by atoms with E-state index in [9.17, 15) is 0 Å². The summed E-state index contributed by atoms with van der Waals surface area (Å²) in [5.41, 5.74) is 3.14. The Morgan fingerprint density at radius 2 is 2.15 bits per heavy atom. The molecule has 1 aromatic rings. The van der Waals surface area contributed by atoms with E-state index < -0.39 is 0 Å². The van der Waals surface area contributed by atoms with Gasteiger partial charge in [0.05, 0.1) is 0 Å². The third-order valence-electron chi connectivity index (χ3n) is 3.46. The third-order valence-corrected chi connectivity index (χ3v) is 3.46. The molecule has 0 spiro atoms. The Balaban J connectivity index is 2.01. The van der Waals surface area contributed by atoms with Crippen molar-refractivity contribution in [1.82, 2.24) is 0 Å². The van der Waals surface area contributed by atoms with Crippen LogP contribution in [0.25, 0.3) is 0 Å². The van der Waals surface area contributed by atoms with Gasteiger partial charge in [-0.3, -0.25) is 0 Å². The highest BCUT2D eigenvalue weighted by Gasteiger charge is 2.33. The summed E-state index contributed by atoms with van der Waals surface area (Å²) in [6.45, 7) is 0. The van der Waals surface area contributed by atoms with Crippen molar-refractivity contribution in [3.05, 3.63) is 41.8 Å². The molecular weight excluding hydrogens is 156 g/mol. The first-order valence-corrected chi connectivity index (χ1v) is 5.26. The smallest absolute Gasteiger partial charge is 0.00596 e. The Bertz CT molecular complexity index is 314. The minimum absolute atomic E-state index is 0.671. The molecule has 1 saturated carbocycles. The lowest BCUT2D eigenvalue weighted by atomic mass is 9.80. The maximum atomic E-state index is 3.64. The van der Waals surface area contributed by atoms with Crippen LogP contribution in [0.1, 0.15) is 36.3 Å². The van der Waals surface area contributed by atoms with Gasteiger partial charge < -0.3 is 0 Å². The molecular formula is C13H14. The molecule has 0 N–H and O–H groups in total. The highest BCUT2D eigenvalue weighted by molar-refractivity contribution is 5.38. The van der Waals surface area contributed by atoms with Gasteiger partial charge in [0.25, 0.3) is 0 Å². The molecule has 1 fully saturated rings. The first-order valence-electron chi connectivity index (χ1n) is 5.26. The average molecular weight is 170 g/mol. The van der Waals surface area contributed by atoms with Crippen LogP contribution in [0, 0.1) is 12.3 Å². The third kappa shape index (κ3) is 1.12. The van der Waals surface area contributed by atoms with Gasteiger partial charge in [0.1, 0.15) is 0 Å². The van der Waals surface area contributed by atoms with Crippen LogP contribution in [-0.2, 0) is 6.42 Å². The second kappa shape index (κ2) is 2.87. The van der Waals surface area contributed by atoms with Gasteiger partial charge in [0, 0.05) is 0 Å². The molecule has 2 atom stereocenters. The molecule has 0 heterocycles. The molecule has 0 bridgehead atoms. The fourth-order valence-corrected chi connectivity index (χ4v) is 2.84. The first kappa shape index (κ1) is 7.61. The largest absolute Gasteiger partial charge is 0.0620 e. The molecule has 0 heteroatoms. The van der Waals surface area contributed by atoms with Crippen molar-refractivity contribution in [2.45, 2.75) is 31.6 Å². The zero-order valence-electron chi connectivity index (χ0n) is 7.79. The van der Waals surface area contributed by atoms with Gasteiger partial charge in [0.15, 0.2) is 0 Å². The summed E-state index contributed by atoms with van der Waals surface area (Å²) >= 11 is 0. The first-order chi connectivity index (χ1) is 6.45. The molecule has 3 rings (SSSR count). The van der Waals surface area contributed by atoms with Crippen molar-refractivity contribution >= 4 is 0 Å². The summed E-state index contributed by atoms with van der Waals surface area (Å²) in [5, 5.41) is 0. The van der Waals surface area contributed by atoms with Crippen molar-refractivity contribution in [3.63, 3.8) is 0 Å². The van der Waals surface area contributed by atoms with E-state index in [4.69, 9.17) is 0 Å². The summed E-state index contributed by atoms with van der Waals surface area (Å²) in [7, 11) is 0. The monoisotopic (exact) mass is 170 g/mol. The average Bonchev–Trinajstić information content (AvgIpc) is 2.56. The Hall–Kier alpha value is -0.780. The van der Waals surface area contributed by atoms with Crippen LogP contribution in [0.2, 0.25) is 0 Å². The maximum Gasteiger partial charge on any atom is -0.00596 e. The zero-order valence-corrected chi connectivity index (χ0v) is 7.79. The molecule has 0 nitrogen and oxygen atoms in total. The van der Waals surface area contributed by atoms with E-state index in [0.717, 1.165) is 5.92 Å². The van der Waals surface area contributed by atoms with E-state index in [1.165, 1.54) is 25.7 Å². The number of rotatable bonds is 0. The molecule has 13 heavy (non-hydrogen) atoms. The molecule has 1 aromatic carbocycles. The van der Waals surface area contributed by atoms with Crippen LogP contribution in [0.15, 0.2) is 24.3 Å². The van der Waals surface area contributed by atoms with Gasteiger partial charge in [-0.05, 0) is 48.6 Å². The summed E-state index contributed by atoms with van der Waals surface area (Å²) in [6, 6.07) is 8.90. The van der Waals surface area contributed by atoms with Gasteiger partial charge in [-0.1, -0.05) is 30.7 Å². The lowest BCUT2D eigenvalue weighted by molar-refractivity contribution is 0.391. The predicted octanol–water partition coefficient (Wildman–Crippen LogP) is 3.21. The molecule has 2 radical (unpaired) electrons. The SMILES string of the molecule is [C]1CCCC2Cc3ccccc3C12. The molecule has 0 aliphatic heterocycles. The minimum Gasteiger partial charge on any atom is -0.0620 e. The summed E-state index contributed by atoms with van der Waals surface area (Å²) in [6.07, 6.45) is 8.91. The maximum absolute atomic E-state index is 3.64. The summed E-state index contributed by atoms with van der Waals surface area (Å²) in [5.74, 6) is 1.55. The van der Waals surface area contributed by atoms with E-state index in [2.05, 4.69) is 30.7 Å². The quantitative estimate of drug-likeness (QED) is 0.561. The van der Waals surface area contributed by atoms with Crippen molar-refractivity contribution in [3.8, 4) is 0 Å². The molecule has 0 aromatic heterocycles. The Morgan fingerprint density at radius 1 is 1.23 bits per heavy atom. The van der Waals surface area contributed by atoms with Gasteiger partial charge in [-0.25, -0.2) is 0 Å². The Labute approximate surface area is 80.0 Å². The van der Waals surface area contributed by atoms with Crippen LogP contribution in [-0.4, -0.2) is 0 Å². The predicted molar refractivity (Wildman–Crippen MR) is 53.5 cm³/mol. The summed E-state index contributed by atoms with van der Waals surface area (Å²) < 4.78 is 0. The molecule has 66 valence electrons. The van der Waals surface area contributed by atoms with Crippen molar-refractivity contribution in [2.24, 2.45) is 5.92 Å². The highest BCUT2D eigenvalue weighted by atomic mass is 14.4. The molecule has 2 aliphatic carbocycles. The Kier molecular flexibility index (Phi) is 1.68. The van der Waals surface area contributed by atoms with E-state index >= 15 is 0 Å². The van der Waals surface area contributed by atoms with E-state index in [1.54, 1.807) is 11.1 Å². The van der Waals surface area contributed by atoms with Gasteiger partial charge in [-0.2, -0.15) is 0 Å². The van der Waals surface area contributed by atoms with Crippen LogP contribution in [0.3, 0.4) is 0 Å². The van der Waals surface area contributed by atoms with Crippen LogP contribution >= 0.6 is 0 Å². The summed E-state index contributed by atoms with van der Waals surface area (Å²) in [4.78, 5) is 0. The lowest BCUT2D eigenvalue weighted by Gasteiger charge is -2.24. The second-order valence-corrected chi connectivity index (χ2v) is 4.24. The molecule has 0 saturated heterocycles. The van der Waals surface area contributed by atoms with E-state index in [0.29, 0.717) is 5.92 Å². The second-order valence-electron chi connectivity index (χ2n) is 4.24. The standard InChI is InChI=1S/C13H14/c1-3-7-12-10(5-1)9-11-6-2-4-8-13(11)12/h1,3,5,7,11,13H,2,4,6,9H2. The van der Waals surface area contributed by atoms with Gasteiger partial charge in [0.2, 0.25) is 0 Å². The minimum atomic E-state index is 0.671. The molecule has 0 amide bonds. The van der Waals surface area contributed by atoms with Crippen LogP contribution < -0.4 is 0 Å². The Morgan fingerprint density at radius 3 is 3.15 bits per heavy atom. The fraction of sp³-hybridized carbons (Fsp3) is 0.462. The lowest BCUT2D eigenvalue weighted by Crippen LogP contribution is -2.13. The van der Waals surface area contributed by atoms with Crippen molar-refractivity contribution in [1.29, 1.82) is 0 Å². The van der Waals surface area contributed by atoms with Crippen LogP contribution in [0.5, 0.6) is 0 Å². The van der Waals surface area contributed by atoms with Gasteiger partial charge in [-0.15, -0.1) is 0 Å². The van der Waals surface area contributed by atoms with Crippen molar-refractivity contribution in [2.75, 3.05) is 0 Å². The normalized spacial score (nSPS) is 31.1. The van der Waals surface area contributed by atoms with Crippen LogP contribution in [0.4, 0.5) is 0 Å². The fourth-order valence-electron chi connectivity index (χ4n) is 2.84. The number of hydrogen-bond acceptors (Lipinski definition) is 0.